The van der Waals surface area contributed by atoms with E-state index in [9.17, 15) is 0 Å². The van der Waals surface area contributed by atoms with Gasteiger partial charge in [-0.3, -0.25) is 19.3 Å². The highest BCUT2D eigenvalue weighted by molar-refractivity contribution is 6.10. The number of allylic oxidation sites excluding steroid dienone is 5. The molecule has 9 nitrogen and oxygen atoms in total. The van der Waals surface area contributed by atoms with Crippen molar-refractivity contribution in [3.8, 4) is 11.3 Å². The fourth-order valence-corrected chi connectivity index (χ4v) is 6.86. The van der Waals surface area contributed by atoms with E-state index in [2.05, 4.69) is 108 Å². The number of benzene rings is 1. The zero-order valence-corrected chi connectivity index (χ0v) is 29.1. The fraction of sp³-hybridized carbons (Fsp3) is 0.474. The Morgan fingerprint density at radius 3 is 2.51 bits per heavy atom. The van der Waals surface area contributed by atoms with Gasteiger partial charge in [0.15, 0.2) is 5.82 Å². The molecule has 2 aromatic heterocycles. The third kappa shape index (κ3) is 7.57. The molecule has 0 saturated carbocycles. The average molecular weight is 634 g/mol. The number of anilines is 1. The minimum Gasteiger partial charge on any atom is -0.327 e. The van der Waals surface area contributed by atoms with E-state index in [1.807, 2.05) is 17.9 Å². The number of nitrogens with one attached hydrogen (secondary N) is 1. The first kappa shape index (κ1) is 32.8. The van der Waals surface area contributed by atoms with Crippen LogP contribution in [0.4, 0.5) is 5.82 Å². The summed E-state index contributed by atoms with van der Waals surface area (Å²) in [6.45, 7) is 13.2. The predicted octanol–water partition coefficient (Wildman–Crippen LogP) is 6.57. The van der Waals surface area contributed by atoms with Gasteiger partial charge in [-0.05, 0) is 61.4 Å². The Bertz CT molecular complexity index is 1710. The fourth-order valence-electron chi connectivity index (χ4n) is 6.86. The third-order valence-electron chi connectivity index (χ3n) is 9.88. The molecule has 1 aliphatic carbocycles. The summed E-state index contributed by atoms with van der Waals surface area (Å²) in [7, 11) is 6.11. The van der Waals surface area contributed by atoms with E-state index in [1.54, 1.807) is 0 Å². The Balaban J connectivity index is 1.20. The van der Waals surface area contributed by atoms with Crippen LogP contribution in [0.3, 0.4) is 0 Å². The second-order valence-corrected chi connectivity index (χ2v) is 13.4. The Morgan fingerprint density at radius 1 is 0.979 bits per heavy atom. The van der Waals surface area contributed by atoms with Gasteiger partial charge < -0.3 is 10.2 Å². The van der Waals surface area contributed by atoms with Crippen LogP contribution >= 0.6 is 0 Å². The lowest BCUT2D eigenvalue weighted by Crippen LogP contribution is -2.45. The monoisotopic (exact) mass is 633 g/mol. The SMILES string of the molecule is CCC(C)/C=C(\C=NC)c1ccc(-c2c3c(nn2C)CC/C2=C/N=C(Nc4ccn(CCN5CCN(C)CC5)n4)CCC(C)=C23)cc1. The first-order valence-corrected chi connectivity index (χ1v) is 17.3. The summed E-state index contributed by atoms with van der Waals surface area (Å²) in [5.74, 6) is 2.32. The summed E-state index contributed by atoms with van der Waals surface area (Å²) in [4.78, 5) is 14.2. The molecule has 9 heteroatoms. The number of amidine groups is 1. The summed E-state index contributed by atoms with van der Waals surface area (Å²) in [5.41, 5.74) is 11.2. The molecule has 1 N–H and O–H groups in total. The van der Waals surface area contributed by atoms with Crippen molar-refractivity contribution in [1.29, 1.82) is 0 Å². The van der Waals surface area contributed by atoms with E-state index in [-0.39, 0.29) is 0 Å². The molecule has 2 aliphatic heterocycles. The number of nitrogens with zero attached hydrogens (tertiary/aromatic N) is 8. The molecule has 4 heterocycles. The topological polar surface area (TPSA) is 78.9 Å². The number of aryl methyl sites for hydroxylation is 2. The van der Waals surface area contributed by atoms with Gasteiger partial charge in [0, 0.05) is 89.0 Å². The molecule has 1 atom stereocenters. The molecular formula is C38H51N9. The molecular weight excluding hydrogens is 582 g/mol. The Hall–Kier alpha value is -4.08. The predicted molar refractivity (Wildman–Crippen MR) is 196 cm³/mol. The zero-order valence-electron chi connectivity index (χ0n) is 29.1. The minimum absolute atomic E-state index is 0.499. The summed E-state index contributed by atoms with van der Waals surface area (Å²) in [5, 5.41) is 13.4. The van der Waals surface area contributed by atoms with E-state index in [0.717, 1.165) is 83.0 Å². The van der Waals surface area contributed by atoms with Crippen molar-refractivity contribution in [2.45, 2.75) is 59.4 Å². The molecule has 1 unspecified atom stereocenters. The Morgan fingerprint density at radius 2 is 1.77 bits per heavy atom. The van der Waals surface area contributed by atoms with E-state index in [0.29, 0.717) is 5.92 Å². The van der Waals surface area contributed by atoms with Gasteiger partial charge in [0.2, 0.25) is 0 Å². The first-order valence-electron chi connectivity index (χ1n) is 17.3. The van der Waals surface area contributed by atoms with Crippen LogP contribution in [0.15, 0.2) is 69.9 Å². The van der Waals surface area contributed by atoms with Gasteiger partial charge in [-0.2, -0.15) is 10.2 Å². The van der Waals surface area contributed by atoms with Gasteiger partial charge in [-0.1, -0.05) is 56.2 Å². The molecule has 3 aromatic rings. The number of hydrogen-bond acceptors (Lipinski definition) is 7. The van der Waals surface area contributed by atoms with Crippen LogP contribution in [0, 0.1) is 5.92 Å². The van der Waals surface area contributed by atoms with E-state index in [1.165, 1.54) is 50.4 Å². The maximum absolute atomic E-state index is 5.02. The van der Waals surface area contributed by atoms with Gasteiger partial charge in [0.05, 0.1) is 17.9 Å². The van der Waals surface area contributed by atoms with Crippen molar-refractivity contribution >= 4 is 29.0 Å². The largest absolute Gasteiger partial charge is 0.327 e. The average Bonchev–Trinajstić information content (AvgIpc) is 3.67. The van der Waals surface area contributed by atoms with Crippen LogP contribution in [0.2, 0.25) is 0 Å². The molecule has 0 amide bonds. The third-order valence-corrected chi connectivity index (χ3v) is 9.88. The Labute approximate surface area is 280 Å². The highest BCUT2D eigenvalue weighted by Gasteiger charge is 2.29. The van der Waals surface area contributed by atoms with E-state index < -0.39 is 0 Å². The quantitative estimate of drug-likeness (QED) is 0.270. The smallest absolute Gasteiger partial charge is 0.153 e. The van der Waals surface area contributed by atoms with Crippen LogP contribution < -0.4 is 5.32 Å². The zero-order chi connectivity index (χ0) is 32.9. The summed E-state index contributed by atoms with van der Waals surface area (Å²) in [6.07, 6.45) is 13.2. The molecule has 248 valence electrons. The molecule has 3 aliphatic rings. The lowest BCUT2D eigenvalue weighted by Gasteiger charge is -2.32. The van der Waals surface area contributed by atoms with Crippen molar-refractivity contribution < 1.29 is 0 Å². The number of aliphatic imine (C=N–C) groups is 2. The van der Waals surface area contributed by atoms with E-state index in [4.69, 9.17) is 15.2 Å². The maximum Gasteiger partial charge on any atom is 0.153 e. The van der Waals surface area contributed by atoms with Crippen LogP contribution in [0.1, 0.15) is 63.3 Å². The van der Waals surface area contributed by atoms with Crippen molar-refractivity contribution in [3.05, 3.63) is 76.8 Å². The molecule has 0 radical (unpaired) electrons. The molecule has 0 bridgehead atoms. The highest BCUT2D eigenvalue weighted by Crippen LogP contribution is 2.44. The van der Waals surface area contributed by atoms with E-state index >= 15 is 0 Å². The number of rotatable bonds is 9. The molecule has 1 saturated heterocycles. The molecule has 1 fully saturated rings. The van der Waals surface area contributed by atoms with Crippen molar-refractivity contribution in [3.63, 3.8) is 0 Å². The standard InChI is InChI=1S/C38H51N9/c1-7-27(2)24-32(25-39-4)29-9-11-30(12-10-29)38-37-33(42-45(38)6)14-13-31-26-40-34(15-8-28(3)36(31)37)41-35-16-17-47(43-35)23-22-46-20-18-44(5)19-21-46/h9-12,16-17,24-27H,7-8,13-15,18-23H2,1-6H3,(H,40,41,43)/b31-26-,32-24+,36-28?,39-25?. The number of fused-ring (bicyclic) bond motifs is 3. The maximum atomic E-state index is 5.02. The molecule has 6 rings (SSSR count). The van der Waals surface area contributed by atoms with Crippen molar-refractivity contribution in [2.24, 2.45) is 23.0 Å². The summed E-state index contributed by atoms with van der Waals surface area (Å²) < 4.78 is 4.12. The van der Waals surface area contributed by atoms with Crippen molar-refractivity contribution in [2.75, 3.05) is 52.1 Å². The highest BCUT2D eigenvalue weighted by atomic mass is 15.3. The summed E-state index contributed by atoms with van der Waals surface area (Å²) in [6, 6.07) is 11.0. The summed E-state index contributed by atoms with van der Waals surface area (Å²) >= 11 is 0. The lowest BCUT2D eigenvalue weighted by atomic mass is 9.81. The Kier molecular flexibility index (Phi) is 10.3. The van der Waals surface area contributed by atoms with Crippen LogP contribution in [0.25, 0.3) is 22.4 Å². The van der Waals surface area contributed by atoms with Gasteiger partial charge in [-0.15, -0.1) is 0 Å². The number of aromatic nitrogens is 4. The first-order chi connectivity index (χ1) is 22.8. The van der Waals surface area contributed by atoms with Gasteiger partial charge >= 0.3 is 0 Å². The number of piperazine rings is 1. The van der Waals surface area contributed by atoms with Crippen LogP contribution in [-0.2, 0) is 20.0 Å². The van der Waals surface area contributed by atoms with Crippen LogP contribution in [0.5, 0.6) is 0 Å². The van der Waals surface area contributed by atoms with Crippen molar-refractivity contribution in [1.82, 2.24) is 29.4 Å². The van der Waals surface area contributed by atoms with Gasteiger partial charge in [0.25, 0.3) is 0 Å². The van der Waals surface area contributed by atoms with Gasteiger partial charge in [-0.25, -0.2) is 4.99 Å². The molecule has 0 spiro atoms. The lowest BCUT2D eigenvalue weighted by molar-refractivity contribution is 0.149. The molecule has 47 heavy (non-hydrogen) atoms. The molecule has 1 aromatic carbocycles. The van der Waals surface area contributed by atoms with Crippen LogP contribution in [-0.4, -0.2) is 88.2 Å². The second-order valence-electron chi connectivity index (χ2n) is 13.4. The normalized spacial score (nSPS) is 19.9. The number of hydrogen-bond donors (Lipinski definition) is 1. The number of likely N-dealkylation sites (N-methyl/N-ethyl adjacent to an activating group) is 1. The minimum atomic E-state index is 0.499. The van der Waals surface area contributed by atoms with Gasteiger partial charge in [0.1, 0.15) is 5.84 Å². The second kappa shape index (κ2) is 14.8.